The SMILES string of the molecule is CCCNCC(=O)N(CC(N)=O)CC(N)=O. The molecular weight excluding hydrogens is 212 g/mol. The highest BCUT2D eigenvalue weighted by molar-refractivity contribution is 5.88. The van der Waals surface area contributed by atoms with E-state index in [-0.39, 0.29) is 25.5 Å². The highest BCUT2D eigenvalue weighted by Crippen LogP contribution is 1.88. The lowest BCUT2D eigenvalue weighted by Gasteiger charge is -2.19. The minimum absolute atomic E-state index is 0.0639. The van der Waals surface area contributed by atoms with Crippen LogP contribution < -0.4 is 16.8 Å². The van der Waals surface area contributed by atoms with Crippen molar-refractivity contribution in [3.63, 3.8) is 0 Å². The first kappa shape index (κ1) is 14.4. The third-order valence-electron chi connectivity index (χ3n) is 1.75. The van der Waals surface area contributed by atoms with E-state index in [0.29, 0.717) is 6.54 Å². The van der Waals surface area contributed by atoms with Crippen LogP contribution in [-0.2, 0) is 14.4 Å². The molecule has 0 fully saturated rings. The van der Waals surface area contributed by atoms with Crippen molar-refractivity contribution in [3.05, 3.63) is 0 Å². The summed E-state index contributed by atoms with van der Waals surface area (Å²) < 4.78 is 0. The maximum Gasteiger partial charge on any atom is 0.237 e. The molecule has 7 nitrogen and oxygen atoms in total. The van der Waals surface area contributed by atoms with Crippen molar-refractivity contribution >= 4 is 17.7 Å². The molecule has 0 bridgehead atoms. The topological polar surface area (TPSA) is 119 Å². The van der Waals surface area contributed by atoms with Crippen LogP contribution in [0, 0.1) is 0 Å². The van der Waals surface area contributed by atoms with Crippen LogP contribution in [0.5, 0.6) is 0 Å². The van der Waals surface area contributed by atoms with E-state index >= 15 is 0 Å². The van der Waals surface area contributed by atoms with Crippen LogP contribution >= 0.6 is 0 Å². The highest BCUT2D eigenvalue weighted by atomic mass is 16.2. The number of amides is 3. The van der Waals surface area contributed by atoms with Crippen molar-refractivity contribution in [1.29, 1.82) is 0 Å². The average Bonchev–Trinajstić information content (AvgIpc) is 2.15. The summed E-state index contributed by atoms with van der Waals surface area (Å²) in [5.41, 5.74) is 9.91. The summed E-state index contributed by atoms with van der Waals surface area (Å²) in [5, 5.41) is 2.87. The lowest BCUT2D eigenvalue weighted by atomic mass is 10.4. The normalized spacial score (nSPS) is 9.81. The van der Waals surface area contributed by atoms with Gasteiger partial charge in [-0.05, 0) is 13.0 Å². The van der Waals surface area contributed by atoms with Gasteiger partial charge in [-0.25, -0.2) is 0 Å². The van der Waals surface area contributed by atoms with Crippen LogP contribution in [0.3, 0.4) is 0 Å². The van der Waals surface area contributed by atoms with Gasteiger partial charge < -0.3 is 21.7 Å². The molecular formula is C9H18N4O3. The molecule has 0 aliphatic rings. The van der Waals surface area contributed by atoms with Crippen LogP contribution in [0.25, 0.3) is 0 Å². The molecule has 7 heteroatoms. The number of nitrogens with one attached hydrogen (secondary N) is 1. The Morgan fingerprint density at radius 1 is 1.12 bits per heavy atom. The average molecular weight is 230 g/mol. The lowest BCUT2D eigenvalue weighted by Crippen LogP contribution is -2.46. The molecule has 5 N–H and O–H groups in total. The molecule has 0 spiro atoms. The molecule has 0 unspecified atom stereocenters. The van der Waals surface area contributed by atoms with Crippen molar-refractivity contribution < 1.29 is 14.4 Å². The highest BCUT2D eigenvalue weighted by Gasteiger charge is 2.16. The molecule has 16 heavy (non-hydrogen) atoms. The second-order valence-corrected chi connectivity index (χ2v) is 3.36. The Morgan fingerprint density at radius 2 is 1.62 bits per heavy atom. The molecule has 0 saturated heterocycles. The Bertz CT molecular complexity index is 251. The van der Waals surface area contributed by atoms with Gasteiger partial charge in [0.15, 0.2) is 0 Å². The summed E-state index contributed by atoms with van der Waals surface area (Å²) >= 11 is 0. The molecule has 0 aliphatic carbocycles. The zero-order valence-electron chi connectivity index (χ0n) is 9.36. The fourth-order valence-electron chi connectivity index (χ4n) is 1.09. The van der Waals surface area contributed by atoms with Gasteiger partial charge in [0.1, 0.15) is 0 Å². The third kappa shape index (κ3) is 6.77. The Labute approximate surface area is 94.1 Å². The maximum absolute atomic E-state index is 11.5. The van der Waals surface area contributed by atoms with E-state index in [1.54, 1.807) is 0 Å². The standard InChI is InChI=1S/C9H18N4O3/c1-2-3-12-4-9(16)13(5-7(10)14)6-8(11)15/h12H,2-6H2,1H3,(H2,10,14)(H2,11,15). The summed E-state index contributed by atoms with van der Waals surface area (Å²) in [6, 6.07) is 0. The zero-order chi connectivity index (χ0) is 12.6. The van der Waals surface area contributed by atoms with Crippen molar-refractivity contribution in [1.82, 2.24) is 10.2 Å². The van der Waals surface area contributed by atoms with E-state index < -0.39 is 11.8 Å². The fraction of sp³-hybridized carbons (Fsp3) is 0.667. The van der Waals surface area contributed by atoms with Crippen molar-refractivity contribution in [3.8, 4) is 0 Å². The molecule has 0 aromatic carbocycles. The summed E-state index contributed by atoms with van der Waals surface area (Å²) in [5.74, 6) is -1.72. The van der Waals surface area contributed by atoms with Crippen molar-refractivity contribution in [2.45, 2.75) is 13.3 Å². The van der Waals surface area contributed by atoms with E-state index in [2.05, 4.69) is 5.32 Å². The van der Waals surface area contributed by atoms with Crippen LogP contribution in [0.2, 0.25) is 0 Å². The van der Waals surface area contributed by atoms with Crippen LogP contribution in [0.1, 0.15) is 13.3 Å². The summed E-state index contributed by atoms with van der Waals surface area (Å²) in [4.78, 5) is 33.9. The third-order valence-corrected chi connectivity index (χ3v) is 1.75. The first-order valence-corrected chi connectivity index (χ1v) is 5.02. The van der Waals surface area contributed by atoms with E-state index in [9.17, 15) is 14.4 Å². The second-order valence-electron chi connectivity index (χ2n) is 3.36. The molecule has 3 amide bonds. The number of hydrogen-bond acceptors (Lipinski definition) is 4. The number of primary amides is 2. The van der Waals surface area contributed by atoms with Gasteiger partial charge >= 0.3 is 0 Å². The first-order chi connectivity index (χ1) is 7.47. The van der Waals surface area contributed by atoms with Crippen LogP contribution in [0.15, 0.2) is 0 Å². The van der Waals surface area contributed by atoms with Gasteiger partial charge in [0.2, 0.25) is 17.7 Å². The smallest absolute Gasteiger partial charge is 0.237 e. The van der Waals surface area contributed by atoms with Gasteiger partial charge in [0, 0.05) is 0 Å². The van der Waals surface area contributed by atoms with Gasteiger partial charge in [0.25, 0.3) is 0 Å². The fourth-order valence-corrected chi connectivity index (χ4v) is 1.09. The molecule has 0 rings (SSSR count). The van der Waals surface area contributed by atoms with Crippen molar-refractivity contribution in [2.24, 2.45) is 11.5 Å². The van der Waals surface area contributed by atoms with Gasteiger partial charge in [-0.2, -0.15) is 0 Å². The van der Waals surface area contributed by atoms with E-state index in [1.807, 2.05) is 6.92 Å². The van der Waals surface area contributed by atoms with Crippen LogP contribution in [-0.4, -0.2) is 48.8 Å². The van der Waals surface area contributed by atoms with Crippen LogP contribution in [0.4, 0.5) is 0 Å². The van der Waals surface area contributed by atoms with Crippen molar-refractivity contribution in [2.75, 3.05) is 26.2 Å². The Morgan fingerprint density at radius 3 is 2.00 bits per heavy atom. The van der Waals surface area contributed by atoms with E-state index in [4.69, 9.17) is 11.5 Å². The molecule has 0 aromatic heterocycles. The minimum Gasteiger partial charge on any atom is -0.368 e. The first-order valence-electron chi connectivity index (χ1n) is 5.02. The molecule has 0 saturated carbocycles. The number of rotatable bonds is 8. The Hall–Kier alpha value is -1.63. The monoisotopic (exact) mass is 230 g/mol. The minimum atomic E-state index is -0.676. The molecule has 0 aliphatic heterocycles. The maximum atomic E-state index is 11.5. The summed E-state index contributed by atoms with van der Waals surface area (Å²) in [6.45, 7) is 2.12. The quantitative estimate of drug-likeness (QED) is 0.409. The lowest BCUT2D eigenvalue weighted by molar-refractivity contribution is -0.137. The van der Waals surface area contributed by atoms with Gasteiger partial charge in [0.05, 0.1) is 19.6 Å². The number of carbonyl (C=O) groups is 3. The van der Waals surface area contributed by atoms with E-state index in [0.717, 1.165) is 11.3 Å². The predicted molar refractivity (Wildman–Crippen MR) is 58.1 cm³/mol. The molecule has 0 aromatic rings. The van der Waals surface area contributed by atoms with Gasteiger partial charge in [-0.15, -0.1) is 0 Å². The largest absolute Gasteiger partial charge is 0.368 e. The number of hydrogen-bond donors (Lipinski definition) is 3. The number of nitrogens with zero attached hydrogens (tertiary/aromatic N) is 1. The molecule has 92 valence electrons. The second kappa shape index (κ2) is 7.63. The molecule has 0 heterocycles. The zero-order valence-corrected chi connectivity index (χ0v) is 9.36. The van der Waals surface area contributed by atoms with Gasteiger partial charge in [-0.1, -0.05) is 6.92 Å². The Balaban J connectivity index is 4.20. The summed E-state index contributed by atoms with van der Waals surface area (Å²) in [7, 11) is 0. The molecule has 0 atom stereocenters. The number of carbonyl (C=O) groups excluding carboxylic acids is 3. The summed E-state index contributed by atoms with van der Waals surface area (Å²) in [6.07, 6.45) is 0.888. The van der Waals surface area contributed by atoms with Gasteiger partial charge in [-0.3, -0.25) is 14.4 Å². The van der Waals surface area contributed by atoms with E-state index in [1.165, 1.54) is 0 Å². The number of nitrogens with two attached hydrogens (primary N) is 2. The molecule has 0 radical (unpaired) electrons. The predicted octanol–water partition coefficient (Wildman–Crippen LogP) is -2.21. The Kier molecular flexibility index (Phi) is 6.86.